The summed E-state index contributed by atoms with van der Waals surface area (Å²) in [7, 11) is 2.04. The topological polar surface area (TPSA) is 69.6 Å². The fourth-order valence-electron chi connectivity index (χ4n) is 7.81. The van der Waals surface area contributed by atoms with Crippen molar-refractivity contribution in [3.05, 3.63) is 167 Å². The van der Waals surface area contributed by atoms with Gasteiger partial charge < -0.3 is 14.0 Å². The first-order valence-electron chi connectivity index (χ1n) is 19.2. The molecule has 1 radical (unpaired) electrons. The molecule has 0 atom stereocenters. The van der Waals surface area contributed by atoms with Crippen molar-refractivity contribution in [1.82, 2.24) is 24.5 Å². The molecule has 0 spiro atoms. The van der Waals surface area contributed by atoms with Crippen LogP contribution in [0.15, 0.2) is 126 Å². The molecule has 5 heterocycles. The van der Waals surface area contributed by atoms with E-state index in [1.165, 1.54) is 33.4 Å². The molecule has 0 bridgehead atoms. The Morgan fingerprint density at radius 3 is 2.19 bits per heavy atom. The predicted molar refractivity (Wildman–Crippen MR) is 233 cm³/mol. The molecular weight excluding hydrogens is 891 g/mol. The number of hydrogen-bond donors (Lipinski definition) is 0. The summed E-state index contributed by atoms with van der Waals surface area (Å²) in [6.45, 7) is 12.6. The first-order valence-corrected chi connectivity index (χ1v) is 19.2. The monoisotopic (exact) mass is 932 g/mol. The van der Waals surface area contributed by atoms with Gasteiger partial charge in [0.2, 0.25) is 5.71 Å². The molecule has 0 fully saturated rings. The van der Waals surface area contributed by atoms with Gasteiger partial charge in [0, 0.05) is 55.4 Å². The maximum Gasteiger partial charge on any atom is 0.216 e. The summed E-state index contributed by atoms with van der Waals surface area (Å²) in [6.07, 6.45) is 1.94. The van der Waals surface area contributed by atoms with E-state index in [0.717, 1.165) is 83.5 Å². The van der Waals surface area contributed by atoms with Crippen LogP contribution < -0.4 is 0 Å². The molecule has 0 saturated heterocycles. The molecule has 10 rings (SSSR count). The summed E-state index contributed by atoms with van der Waals surface area (Å²) in [5.74, 6) is 0.964. The third-order valence-electron chi connectivity index (χ3n) is 10.9. The van der Waals surface area contributed by atoms with E-state index in [1.807, 2.05) is 62.6 Å². The zero-order chi connectivity index (χ0) is 39.4. The summed E-state index contributed by atoms with van der Waals surface area (Å²) in [6, 6.07) is 46.3. The van der Waals surface area contributed by atoms with Crippen LogP contribution in [0.4, 0.5) is 0 Å². The van der Waals surface area contributed by atoms with Crippen LogP contribution in [0.5, 0.6) is 0 Å². The minimum atomic E-state index is 0. The molecule has 7 heteroatoms. The molecule has 0 saturated carbocycles. The van der Waals surface area contributed by atoms with Crippen molar-refractivity contribution in [2.75, 3.05) is 0 Å². The average molecular weight is 932 g/mol. The van der Waals surface area contributed by atoms with E-state index in [2.05, 4.69) is 134 Å². The van der Waals surface area contributed by atoms with Crippen LogP contribution in [0, 0.1) is 53.7 Å². The van der Waals surface area contributed by atoms with E-state index in [1.54, 1.807) is 0 Å². The van der Waals surface area contributed by atoms with Crippen molar-refractivity contribution in [3.8, 4) is 45.0 Å². The molecule has 58 heavy (non-hydrogen) atoms. The number of para-hydroxylation sites is 2. The molecule has 0 N–H and O–H groups in total. The predicted octanol–water partition coefficient (Wildman–Crippen LogP) is 12.6. The van der Waals surface area contributed by atoms with E-state index in [9.17, 15) is 0 Å². The van der Waals surface area contributed by atoms with Crippen LogP contribution in [0.2, 0.25) is 0 Å². The van der Waals surface area contributed by atoms with Crippen LogP contribution in [0.1, 0.15) is 33.5 Å². The standard InChI is InChI=1S/C36H28N3O.C15H13N2.Ir/c1-20-8-6-9-21(2)34(20)31-15-13-25-17-29(22(3)16-32(25)39-31)30-18-33(37-19-23(30)4)28-11-7-10-26-27-14-12-24(5)38-36(27)40-35(26)28;1-11-7-9-12(10-8-11)15-16-13-5-3-4-6-14(13)17(15)2;/h6-10,12-19H,1-5H3;3-9H,1-2H3;/q2*-1;. The van der Waals surface area contributed by atoms with Gasteiger partial charge in [-0.25, -0.2) is 9.97 Å². The number of rotatable bonds is 4. The van der Waals surface area contributed by atoms with E-state index in [-0.39, 0.29) is 20.1 Å². The average Bonchev–Trinajstić information content (AvgIpc) is 3.75. The van der Waals surface area contributed by atoms with Gasteiger partial charge in [0.1, 0.15) is 0 Å². The quantitative estimate of drug-likeness (QED) is 0.164. The van der Waals surface area contributed by atoms with Crippen molar-refractivity contribution >= 4 is 44.0 Å². The largest absolute Gasteiger partial charge is 0.486 e. The van der Waals surface area contributed by atoms with E-state index >= 15 is 0 Å². The molecule has 0 aliphatic carbocycles. The Kier molecular flexibility index (Phi) is 10.4. The Morgan fingerprint density at radius 2 is 1.41 bits per heavy atom. The molecular formula is C51H41IrN5O-2. The van der Waals surface area contributed by atoms with Crippen LogP contribution in [-0.4, -0.2) is 24.5 Å². The normalized spacial score (nSPS) is 11.2. The van der Waals surface area contributed by atoms with E-state index in [0.29, 0.717) is 5.71 Å². The molecule has 0 amide bonds. The maximum absolute atomic E-state index is 6.25. The number of hydrogen-bond acceptors (Lipinski definition) is 5. The van der Waals surface area contributed by atoms with Gasteiger partial charge in [-0.2, -0.15) is 0 Å². The molecule has 0 aliphatic heterocycles. The third kappa shape index (κ3) is 7.02. The van der Waals surface area contributed by atoms with Crippen LogP contribution in [0.3, 0.4) is 0 Å². The van der Waals surface area contributed by atoms with Gasteiger partial charge in [-0.15, -0.1) is 53.6 Å². The Labute approximate surface area is 352 Å². The second-order valence-corrected chi connectivity index (χ2v) is 15.0. The van der Waals surface area contributed by atoms with Crippen LogP contribution >= 0.6 is 0 Å². The molecule has 5 aromatic carbocycles. The van der Waals surface area contributed by atoms with Gasteiger partial charge in [-0.05, 0) is 116 Å². The van der Waals surface area contributed by atoms with Crippen molar-refractivity contribution < 1.29 is 24.5 Å². The molecule has 0 aliphatic rings. The number of benzene rings is 5. The van der Waals surface area contributed by atoms with Gasteiger partial charge in [0.05, 0.1) is 33.7 Å². The minimum Gasteiger partial charge on any atom is -0.486 e. The zero-order valence-electron chi connectivity index (χ0n) is 33.5. The number of aryl methyl sites for hydroxylation is 7. The minimum absolute atomic E-state index is 0. The maximum atomic E-state index is 6.25. The Hall–Kier alpha value is -6.27. The molecule has 6 nitrogen and oxygen atoms in total. The molecule has 10 aromatic rings. The van der Waals surface area contributed by atoms with Gasteiger partial charge in [-0.3, -0.25) is 4.98 Å². The SMILES string of the molecule is Cc1c[c-]c(-c2nc3ccccc3n2C)cc1.Cc1ccc2c(n1)oc1c(-c3cc(-c4cc5ccc(-c6c(C)cccc6C)nc5cc4C)c(C)cn3)[c-]ccc12.[Ir]. The fraction of sp³-hybridized carbons (Fsp3) is 0.137. The Morgan fingerprint density at radius 1 is 0.621 bits per heavy atom. The first kappa shape index (κ1) is 38.6. The Balaban J connectivity index is 0.000000218. The van der Waals surface area contributed by atoms with E-state index in [4.69, 9.17) is 14.4 Å². The number of imidazole rings is 1. The molecule has 0 unspecified atom stereocenters. The Bertz CT molecular complexity index is 3140. The number of aromatic nitrogens is 5. The van der Waals surface area contributed by atoms with Gasteiger partial charge >= 0.3 is 0 Å². The van der Waals surface area contributed by atoms with E-state index < -0.39 is 0 Å². The van der Waals surface area contributed by atoms with Gasteiger partial charge in [0.25, 0.3) is 0 Å². The van der Waals surface area contributed by atoms with Crippen molar-refractivity contribution in [1.29, 1.82) is 0 Å². The smallest absolute Gasteiger partial charge is 0.216 e. The summed E-state index contributed by atoms with van der Waals surface area (Å²) < 4.78 is 8.36. The van der Waals surface area contributed by atoms with Gasteiger partial charge in [0.15, 0.2) is 0 Å². The van der Waals surface area contributed by atoms with Gasteiger partial charge in [-0.1, -0.05) is 60.3 Å². The zero-order valence-corrected chi connectivity index (χ0v) is 35.9. The number of fused-ring (bicyclic) bond motifs is 5. The summed E-state index contributed by atoms with van der Waals surface area (Å²) >= 11 is 0. The summed E-state index contributed by atoms with van der Waals surface area (Å²) in [5, 5.41) is 3.13. The second-order valence-electron chi connectivity index (χ2n) is 15.0. The molecule has 287 valence electrons. The summed E-state index contributed by atoms with van der Waals surface area (Å²) in [4.78, 5) is 19.1. The fourth-order valence-corrected chi connectivity index (χ4v) is 7.81. The first-order chi connectivity index (χ1) is 27.6. The van der Waals surface area contributed by atoms with Crippen molar-refractivity contribution in [2.24, 2.45) is 7.05 Å². The third-order valence-corrected chi connectivity index (χ3v) is 10.9. The number of pyridine rings is 3. The second kappa shape index (κ2) is 15.6. The van der Waals surface area contributed by atoms with Crippen molar-refractivity contribution in [3.63, 3.8) is 0 Å². The van der Waals surface area contributed by atoms with Crippen LogP contribution in [0.25, 0.3) is 89.0 Å². The number of furan rings is 1. The van der Waals surface area contributed by atoms with Crippen molar-refractivity contribution in [2.45, 2.75) is 41.5 Å². The molecule has 5 aromatic heterocycles. The van der Waals surface area contributed by atoms with Crippen LogP contribution in [-0.2, 0) is 27.2 Å². The summed E-state index contributed by atoms with van der Waals surface area (Å²) in [5.41, 5.74) is 18.7. The number of nitrogens with zero attached hydrogens (tertiary/aromatic N) is 5.